The van der Waals surface area contributed by atoms with Crippen molar-refractivity contribution in [2.75, 3.05) is 4.90 Å². The number of anilines is 3. The highest BCUT2D eigenvalue weighted by atomic mass is 32.1. The molecule has 0 fully saturated rings. The molecule has 296 valence electrons. The van der Waals surface area contributed by atoms with Gasteiger partial charge in [0.15, 0.2) is 0 Å². The molecular formula is C60H40N2S. The molecule has 0 amide bonds. The summed E-state index contributed by atoms with van der Waals surface area (Å²) >= 11 is 1.86. The maximum atomic E-state index is 2.45. The predicted octanol–water partition coefficient (Wildman–Crippen LogP) is 17.3. The zero-order valence-corrected chi connectivity index (χ0v) is 35.2. The van der Waals surface area contributed by atoms with E-state index < -0.39 is 0 Å². The molecule has 0 bridgehead atoms. The SMILES string of the molecule is c1ccc(-c2ccc(-c3ccc(N(c4ccc(-c5ccccc5)cc4)c4cccc(-c5cccc6c5c5ccccc5n6-c5ccc6sc7ccccc7c6c5)c4)cc3)cc2)cc1. The van der Waals surface area contributed by atoms with E-state index in [1.165, 1.54) is 92.2 Å². The average Bonchev–Trinajstić information content (AvgIpc) is 3.91. The first-order valence-electron chi connectivity index (χ1n) is 21.5. The Hall–Kier alpha value is -7.98. The second kappa shape index (κ2) is 15.5. The van der Waals surface area contributed by atoms with Crippen molar-refractivity contribution >= 4 is 70.4 Å². The number of para-hydroxylation sites is 1. The van der Waals surface area contributed by atoms with Crippen LogP contribution in [-0.4, -0.2) is 4.57 Å². The molecule has 0 aliphatic rings. The highest BCUT2D eigenvalue weighted by Gasteiger charge is 2.19. The van der Waals surface area contributed by atoms with Gasteiger partial charge >= 0.3 is 0 Å². The molecule has 10 aromatic carbocycles. The lowest BCUT2D eigenvalue weighted by molar-refractivity contribution is 1.19. The van der Waals surface area contributed by atoms with Gasteiger partial charge in [0, 0.05) is 53.7 Å². The van der Waals surface area contributed by atoms with Gasteiger partial charge in [-0.1, -0.05) is 170 Å². The lowest BCUT2D eigenvalue weighted by Gasteiger charge is -2.26. The molecule has 0 spiro atoms. The van der Waals surface area contributed by atoms with Crippen LogP contribution >= 0.6 is 11.3 Å². The molecule has 0 unspecified atom stereocenters. The van der Waals surface area contributed by atoms with Gasteiger partial charge in [-0.3, -0.25) is 0 Å². The first-order chi connectivity index (χ1) is 31.2. The van der Waals surface area contributed by atoms with Crippen LogP contribution < -0.4 is 4.90 Å². The first kappa shape index (κ1) is 36.8. The third-order valence-electron chi connectivity index (χ3n) is 12.4. The van der Waals surface area contributed by atoms with E-state index in [1.807, 2.05) is 11.3 Å². The number of aromatic nitrogens is 1. The number of fused-ring (bicyclic) bond motifs is 6. The van der Waals surface area contributed by atoms with Crippen LogP contribution in [0.15, 0.2) is 243 Å². The summed E-state index contributed by atoms with van der Waals surface area (Å²) in [4.78, 5) is 2.38. The van der Waals surface area contributed by atoms with E-state index in [2.05, 4.69) is 252 Å². The molecule has 63 heavy (non-hydrogen) atoms. The molecule has 0 saturated heterocycles. The van der Waals surface area contributed by atoms with E-state index >= 15 is 0 Å². The third kappa shape index (κ3) is 6.58. The third-order valence-corrected chi connectivity index (χ3v) is 13.6. The van der Waals surface area contributed by atoms with E-state index in [0.717, 1.165) is 17.1 Å². The van der Waals surface area contributed by atoms with Gasteiger partial charge < -0.3 is 9.47 Å². The topological polar surface area (TPSA) is 8.17 Å². The number of hydrogen-bond donors (Lipinski definition) is 0. The Morgan fingerprint density at radius 3 is 1.44 bits per heavy atom. The molecule has 2 heterocycles. The van der Waals surface area contributed by atoms with Gasteiger partial charge in [-0.05, 0) is 117 Å². The monoisotopic (exact) mass is 820 g/mol. The van der Waals surface area contributed by atoms with E-state index in [-0.39, 0.29) is 0 Å². The molecule has 0 radical (unpaired) electrons. The van der Waals surface area contributed by atoms with Crippen molar-refractivity contribution in [2.24, 2.45) is 0 Å². The Kier molecular flexibility index (Phi) is 9.06. The predicted molar refractivity (Wildman–Crippen MR) is 270 cm³/mol. The van der Waals surface area contributed by atoms with Crippen LogP contribution in [0.2, 0.25) is 0 Å². The molecule has 2 aromatic heterocycles. The zero-order chi connectivity index (χ0) is 41.7. The van der Waals surface area contributed by atoms with E-state index in [0.29, 0.717) is 0 Å². The molecule has 0 aliphatic carbocycles. The largest absolute Gasteiger partial charge is 0.310 e. The summed E-state index contributed by atoms with van der Waals surface area (Å²) in [6, 6.07) is 88.3. The molecular weight excluding hydrogens is 781 g/mol. The fraction of sp³-hybridized carbons (Fsp3) is 0. The Bertz CT molecular complexity index is 3580. The number of hydrogen-bond acceptors (Lipinski definition) is 2. The van der Waals surface area contributed by atoms with Gasteiger partial charge in [0.05, 0.1) is 11.0 Å². The summed E-state index contributed by atoms with van der Waals surface area (Å²) in [7, 11) is 0. The van der Waals surface area contributed by atoms with E-state index in [9.17, 15) is 0 Å². The number of nitrogens with zero attached hydrogens (tertiary/aromatic N) is 2. The molecule has 12 rings (SSSR count). The van der Waals surface area contributed by atoms with Crippen molar-refractivity contribution in [3.8, 4) is 50.2 Å². The van der Waals surface area contributed by atoms with Crippen molar-refractivity contribution in [3.63, 3.8) is 0 Å². The summed E-state index contributed by atoms with van der Waals surface area (Å²) in [5.74, 6) is 0. The summed E-state index contributed by atoms with van der Waals surface area (Å²) in [6.07, 6.45) is 0. The van der Waals surface area contributed by atoms with Gasteiger partial charge in [-0.2, -0.15) is 0 Å². The van der Waals surface area contributed by atoms with Gasteiger partial charge in [0.25, 0.3) is 0 Å². The summed E-state index contributed by atoms with van der Waals surface area (Å²) < 4.78 is 5.07. The van der Waals surface area contributed by atoms with Crippen LogP contribution in [0, 0.1) is 0 Å². The maximum Gasteiger partial charge on any atom is 0.0547 e. The highest BCUT2D eigenvalue weighted by Crippen LogP contribution is 2.43. The fourth-order valence-corrected chi connectivity index (χ4v) is 10.5. The second-order valence-electron chi connectivity index (χ2n) is 16.1. The minimum absolute atomic E-state index is 1.09. The molecule has 0 N–H and O–H groups in total. The summed E-state index contributed by atoms with van der Waals surface area (Å²) in [5, 5.41) is 5.10. The normalized spacial score (nSPS) is 11.5. The van der Waals surface area contributed by atoms with Crippen LogP contribution in [0.1, 0.15) is 0 Å². The molecule has 3 heteroatoms. The lowest BCUT2D eigenvalue weighted by atomic mass is 9.98. The van der Waals surface area contributed by atoms with Crippen molar-refractivity contribution in [2.45, 2.75) is 0 Å². The zero-order valence-electron chi connectivity index (χ0n) is 34.4. The maximum absolute atomic E-state index is 2.45. The average molecular weight is 821 g/mol. The Morgan fingerprint density at radius 2 is 0.794 bits per heavy atom. The Morgan fingerprint density at radius 1 is 0.302 bits per heavy atom. The molecule has 0 saturated carbocycles. The van der Waals surface area contributed by atoms with Crippen LogP contribution in [-0.2, 0) is 0 Å². The van der Waals surface area contributed by atoms with Gasteiger partial charge in [-0.15, -0.1) is 11.3 Å². The lowest BCUT2D eigenvalue weighted by Crippen LogP contribution is -2.10. The van der Waals surface area contributed by atoms with E-state index in [1.54, 1.807) is 0 Å². The summed E-state index contributed by atoms with van der Waals surface area (Å²) in [6.45, 7) is 0. The molecule has 0 atom stereocenters. The molecule has 0 aliphatic heterocycles. The van der Waals surface area contributed by atoms with Crippen molar-refractivity contribution < 1.29 is 0 Å². The van der Waals surface area contributed by atoms with Crippen LogP contribution in [0.5, 0.6) is 0 Å². The van der Waals surface area contributed by atoms with Gasteiger partial charge in [0.2, 0.25) is 0 Å². The summed E-state index contributed by atoms with van der Waals surface area (Å²) in [5.41, 5.74) is 16.4. The molecule has 12 aromatic rings. The van der Waals surface area contributed by atoms with Gasteiger partial charge in [0.1, 0.15) is 0 Å². The highest BCUT2D eigenvalue weighted by molar-refractivity contribution is 7.25. The van der Waals surface area contributed by atoms with Crippen LogP contribution in [0.3, 0.4) is 0 Å². The minimum Gasteiger partial charge on any atom is -0.310 e. The quantitative estimate of drug-likeness (QED) is 0.148. The van der Waals surface area contributed by atoms with Crippen LogP contribution in [0.25, 0.3) is 92.2 Å². The van der Waals surface area contributed by atoms with Crippen molar-refractivity contribution in [1.29, 1.82) is 0 Å². The van der Waals surface area contributed by atoms with Crippen LogP contribution in [0.4, 0.5) is 17.1 Å². The minimum atomic E-state index is 1.09. The van der Waals surface area contributed by atoms with Gasteiger partial charge in [-0.25, -0.2) is 0 Å². The fourth-order valence-electron chi connectivity index (χ4n) is 9.37. The van der Waals surface area contributed by atoms with Crippen molar-refractivity contribution in [3.05, 3.63) is 243 Å². The van der Waals surface area contributed by atoms with Crippen molar-refractivity contribution in [1.82, 2.24) is 4.57 Å². The first-order valence-corrected chi connectivity index (χ1v) is 22.3. The molecule has 2 nitrogen and oxygen atoms in total. The van der Waals surface area contributed by atoms with E-state index in [4.69, 9.17) is 0 Å². The Balaban J connectivity index is 0.968. The Labute approximate surface area is 370 Å². The number of thiophene rings is 1. The number of benzene rings is 10. The second-order valence-corrected chi connectivity index (χ2v) is 17.2. The number of rotatable bonds is 8. The smallest absolute Gasteiger partial charge is 0.0547 e. The standard InChI is InChI=1S/C60H40N2S/c1-3-13-41(14-4-1)43-25-27-44(28-26-43)46-31-35-49(36-32-46)61(48-33-29-45(30-34-48)42-15-5-2-6-16-42)50-18-11-17-47(39-50)52-21-12-23-57-60(52)54-20-7-9-22-56(54)62(57)51-37-38-59-55(40-51)53-19-8-10-24-58(53)63-59/h1-40H.